The van der Waals surface area contributed by atoms with E-state index in [9.17, 15) is 0 Å². The first-order chi connectivity index (χ1) is 15.0. The summed E-state index contributed by atoms with van der Waals surface area (Å²) >= 11 is 0. The van der Waals surface area contributed by atoms with Crippen LogP contribution in [0.2, 0.25) is 18.1 Å². The first kappa shape index (κ1) is 23.1. The molecule has 1 saturated heterocycles. The second-order valence-corrected chi connectivity index (χ2v) is 16.1. The molecule has 0 radical (unpaired) electrons. The highest BCUT2D eigenvalue weighted by Crippen LogP contribution is 2.36. The first-order valence-corrected chi connectivity index (χ1v) is 16.0. The Morgan fingerprint density at radius 1 is 0.839 bits per heavy atom. The number of para-hydroxylation sites is 1. The van der Waals surface area contributed by atoms with E-state index in [0.717, 1.165) is 17.9 Å². The van der Waals surface area contributed by atoms with Gasteiger partial charge in [0.25, 0.3) is 0 Å². The van der Waals surface area contributed by atoms with Crippen molar-refractivity contribution < 1.29 is 0 Å². The maximum absolute atomic E-state index is 2.86. The van der Waals surface area contributed by atoms with E-state index >= 15 is 0 Å². The number of hydrogen-bond acceptors (Lipinski definition) is 1. The molecular formula is C28H46N2Si. The zero-order valence-corrected chi connectivity index (χ0v) is 21.9. The van der Waals surface area contributed by atoms with Crippen molar-refractivity contribution in [2.45, 2.75) is 103 Å². The van der Waals surface area contributed by atoms with Crippen LogP contribution in [-0.2, 0) is 0 Å². The molecule has 3 heteroatoms. The molecule has 2 nitrogen and oxygen atoms in total. The summed E-state index contributed by atoms with van der Waals surface area (Å²) in [6.45, 7) is 14.8. The molecule has 2 aliphatic rings. The molecule has 1 aromatic heterocycles. The summed E-state index contributed by atoms with van der Waals surface area (Å²) in [5, 5.41) is 3.22. The van der Waals surface area contributed by atoms with E-state index in [2.05, 4.69) is 74.4 Å². The van der Waals surface area contributed by atoms with Crippen molar-refractivity contribution in [2.75, 3.05) is 13.1 Å². The van der Waals surface area contributed by atoms with Crippen LogP contribution in [0.3, 0.4) is 0 Å². The molecule has 2 fully saturated rings. The predicted octanol–water partition coefficient (Wildman–Crippen LogP) is 7.21. The Labute approximate surface area is 192 Å². The van der Waals surface area contributed by atoms with E-state index in [4.69, 9.17) is 0 Å². The second kappa shape index (κ2) is 9.83. The number of aromatic nitrogens is 1. The van der Waals surface area contributed by atoms with Crippen LogP contribution >= 0.6 is 0 Å². The minimum absolute atomic E-state index is 0.690. The van der Waals surface area contributed by atoms with Gasteiger partial charge in [0.2, 0.25) is 0 Å². The molecule has 2 heterocycles. The molecule has 31 heavy (non-hydrogen) atoms. The number of hydrogen-bond donors (Lipinski definition) is 0. The number of likely N-dealkylation sites (tertiary alicyclic amines) is 1. The number of fused-ring (bicyclic) bond motifs is 1. The molecule has 2 aromatic rings. The quantitative estimate of drug-likeness (QED) is 0.415. The average molecular weight is 439 g/mol. The van der Waals surface area contributed by atoms with Gasteiger partial charge in [-0.15, -0.1) is 0 Å². The van der Waals surface area contributed by atoms with Crippen LogP contribution in [0.15, 0.2) is 30.3 Å². The zero-order valence-electron chi connectivity index (χ0n) is 20.9. The molecule has 172 valence electrons. The first-order valence-electron chi connectivity index (χ1n) is 13.4. The van der Waals surface area contributed by atoms with Crippen molar-refractivity contribution in [1.82, 2.24) is 9.47 Å². The largest absolute Gasteiger partial charge is 0.345 e. The van der Waals surface area contributed by atoms with Gasteiger partial charge in [-0.3, -0.25) is 0 Å². The molecule has 0 atom stereocenters. The normalized spacial score (nSPS) is 24.3. The van der Waals surface area contributed by atoms with Crippen molar-refractivity contribution >= 4 is 24.3 Å². The van der Waals surface area contributed by atoms with Crippen LogP contribution in [0.25, 0.3) is 10.9 Å². The lowest BCUT2D eigenvalue weighted by molar-refractivity contribution is 0.0898. The van der Waals surface area contributed by atoms with E-state index in [1.807, 2.05) is 0 Å². The zero-order chi connectivity index (χ0) is 22.0. The van der Waals surface area contributed by atoms with Crippen molar-refractivity contribution in [3.8, 4) is 0 Å². The number of piperidine rings is 1. The molecule has 1 saturated carbocycles. The van der Waals surface area contributed by atoms with E-state index in [1.54, 1.807) is 5.32 Å². The Balaban J connectivity index is 1.53. The topological polar surface area (TPSA) is 8.17 Å². The van der Waals surface area contributed by atoms with E-state index in [-0.39, 0.29) is 0 Å². The molecule has 0 bridgehead atoms. The lowest BCUT2D eigenvalue weighted by Crippen LogP contribution is -2.51. The predicted molar refractivity (Wildman–Crippen MR) is 139 cm³/mol. The smallest absolute Gasteiger partial charge is 0.107 e. The summed E-state index contributed by atoms with van der Waals surface area (Å²) in [5.41, 5.74) is 1.50. The third-order valence-electron chi connectivity index (χ3n) is 9.39. The summed E-state index contributed by atoms with van der Waals surface area (Å²) < 4.78 is 2.85. The minimum Gasteiger partial charge on any atom is -0.345 e. The van der Waals surface area contributed by atoms with Crippen LogP contribution < -0.4 is 5.32 Å². The molecule has 0 amide bonds. The fraction of sp³-hybridized carbons (Fsp3) is 0.714. The van der Waals surface area contributed by atoms with Gasteiger partial charge < -0.3 is 9.47 Å². The lowest BCUT2D eigenvalue weighted by atomic mass is 9.79. The molecular weight excluding hydrogens is 392 g/mol. The fourth-order valence-electron chi connectivity index (χ4n) is 6.91. The number of nitrogens with zero attached hydrogens (tertiary/aromatic N) is 2. The Hall–Kier alpha value is -1.06. The van der Waals surface area contributed by atoms with Gasteiger partial charge in [-0.25, -0.2) is 0 Å². The highest BCUT2D eigenvalue weighted by Gasteiger charge is 2.36. The summed E-state index contributed by atoms with van der Waals surface area (Å²) in [6.07, 6.45) is 8.43. The third-order valence-corrected chi connectivity index (χ3v) is 14.9. The van der Waals surface area contributed by atoms with Crippen LogP contribution in [0.4, 0.5) is 0 Å². The summed E-state index contributed by atoms with van der Waals surface area (Å²) in [5.74, 6) is 1.84. The minimum atomic E-state index is -1.42. The van der Waals surface area contributed by atoms with Crippen molar-refractivity contribution in [3.63, 3.8) is 0 Å². The van der Waals surface area contributed by atoms with Gasteiger partial charge in [-0.1, -0.05) is 71.0 Å². The summed E-state index contributed by atoms with van der Waals surface area (Å²) in [6, 6.07) is 17.4. The van der Waals surface area contributed by atoms with Gasteiger partial charge in [0.05, 0.1) is 0 Å². The Morgan fingerprint density at radius 2 is 1.45 bits per heavy atom. The molecule has 0 N–H and O–H groups in total. The summed E-state index contributed by atoms with van der Waals surface area (Å²) in [7, 11) is -1.42. The van der Waals surface area contributed by atoms with Gasteiger partial charge >= 0.3 is 0 Å². The van der Waals surface area contributed by atoms with Crippen LogP contribution in [0, 0.1) is 11.8 Å². The Morgan fingerprint density at radius 3 is 2.03 bits per heavy atom. The van der Waals surface area contributed by atoms with E-state index < -0.39 is 8.07 Å². The lowest BCUT2D eigenvalue weighted by Gasteiger charge is -2.43. The van der Waals surface area contributed by atoms with Gasteiger partial charge in [0.1, 0.15) is 8.07 Å². The van der Waals surface area contributed by atoms with Gasteiger partial charge in [-0.2, -0.15) is 0 Å². The molecule has 1 aliphatic heterocycles. The maximum atomic E-state index is 2.86. The highest BCUT2D eigenvalue weighted by molar-refractivity contribution is 6.91. The number of benzene rings is 1. The Kier molecular flexibility index (Phi) is 7.33. The van der Waals surface area contributed by atoms with Crippen molar-refractivity contribution in [3.05, 3.63) is 30.3 Å². The molecule has 0 unspecified atom stereocenters. The third kappa shape index (κ3) is 4.42. The van der Waals surface area contributed by atoms with Gasteiger partial charge in [-0.05, 0) is 67.9 Å². The summed E-state index contributed by atoms with van der Waals surface area (Å²) in [4.78, 5) is 2.86. The Bertz CT molecular complexity index is 826. The molecule has 4 rings (SSSR count). The highest BCUT2D eigenvalue weighted by atomic mass is 28.3. The average Bonchev–Trinajstić information content (AvgIpc) is 3.21. The molecule has 1 aromatic carbocycles. The fourth-order valence-corrected chi connectivity index (χ4v) is 10.8. The van der Waals surface area contributed by atoms with Crippen LogP contribution in [0.1, 0.15) is 79.2 Å². The van der Waals surface area contributed by atoms with E-state index in [1.165, 1.54) is 80.6 Å². The van der Waals surface area contributed by atoms with Crippen molar-refractivity contribution in [2.24, 2.45) is 11.8 Å². The number of rotatable bonds is 7. The second-order valence-electron chi connectivity index (χ2n) is 10.9. The molecule has 1 aliphatic carbocycles. The van der Waals surface area contributed by atoms with Gasteiger partial charge in [0, 0.05) is 36.0 Å². The maximum Gasteiger partial charge on any atom is 0.107 e. The molecule has 0 spiro atoms. The van der Waals surface area contributed by atoms with Crippen molar-refractivity contribution in [1.29, 1.82) is 0 Å². The van der Waals surface area contributed by atoms with E-state index in [0.29, 0.717) is 6.04 Å². The van der Waals surface area contributed by atoms with Crippen LogP contribution in [0.5, 0.6) is 0 Å². The van der Waals surface area contributed by atoms with Crippen LogP contribution in [-0.4, -0.2) is 36.7 Å². The standard InChI is InChI=1S/C28H46N2Si/c1-6-31(7-2,8-3)28-21-24-11-9-10-12-27(24)30(28)26-17-19-29(20-18-26)25-15-13-23(14-16-25)22(4)5/h9-12,21-23,25-26H,6-8,13-20H2,1-5H3. The van der Waals surface area contributed by atoms with Gasteiger partial charge in [0.15, 0.2) is 0 Å². The SMILES string of the molecule is CC[Si](CC)(CC)c1cc2ccccc2n1C1CCN(C2CCC(C(C)C)CC2)CC1. The monoisotopic (exact) mass is 438 g/mol.